The Hall–Kier alpha value is -2.11. The van der Waals surface area contributed by atoms with Crippen LogP contribution in [0.2, 0.25) is 0 Å². The molecular formula is C8H6NO5-. The largest absolute Gasteiger partial charge is 0.865 e. The summed E-state index contributed by atoms with van der Waals surface area (Å²) in [5.74, 6) is -1.04. The molecule has 0 saturated carbocycles. The van der Waals surface area contributed by atoms with Crippen molar-refractivity contribution in [2.75, 3.05) is 7.11 Å². The molecule has 0 aromatic heterocycles. The van der Waals surface area contributed by atoms with Crippen molar-refractivity contribution in [3.05, 3.63) is 27.8 Å². The first-order valence-corrected chi connectivity index (χ1v) is 3.58. The summed E-state index contributed by atoms with van der Waals surface area (Å²) in [5.41, 5.74) is -0.625. The number of ether oxygens (including phenoxy) is 1. The summed E-state index contributed by atoms with van der Waals surface area (Å²) in [6.07, 6.45) is 0.412. The molecule has 0 spiro atoms. The highest BCUT2D eigenvalue weighted by atomic mass is 16.6. The number of aldehydes is 1. The summed E-state index contributed by atoms with van der Waals surface area (Å²) in [6, 6.07) is 2.07. The predicted molar refractivity (Wildman–Crippen MR) is 44.5 cm³/mol. The summed E-state index contributed by atoms with van der Waals surface area (Å²) in [7, 11) is 1.20. The third-order valence-electron chi connectivity index (χ3n) is 1.61. The minimum absolute atomic E-state index is 0.0353. The van der Waals surface area contributed by atoms with Crippen LogP contribution < -0.4 is 9.84 Å². The maximum Gasteiger partial charge on any atom is 0.266 e. The van der Waals surface area contributed by atoms with E-state index in [1.54, 1.807) is 0 Å². The number of nitro benzene ring substituents is 1. The lowest BCUT2D eigenvalue weighted by Gasteiger charge is -2.12. The van der Waals surface area contributed by atoms with Gasteiger partial charge >= 0.3 is 0 Å². The standard InChI is InChI=1S/C8H7NO5/c1-14-7-3-5(4-10)2-6(8(7)11)9(12)13/h2-4,11H,1H3/p-1. The number of nitro groups is 1. The molecule has 0 N–H and O–H groups in total. The van der Waals surface area contributed by atoms with Crippen molar-refractivity contribution in [2.24, 2.45) is 0 Å². The highest BCUT2D eigenvalue weighted by Gasteiger charge is 2.12. The molecule has 6 nitrogen and oxygen atoms in total. The highest BCUT2D eigenvalue weighted by Crippen LogP contribution is 2.33. The Morgan fingerprint density at radius 3 is 2.57 bits per heavy atom. The minimum atomic E-state index is -0.849. The molecule has 1 aromatic rings. The van der Waals surface area contributed by atoms with Gasteiger partial charge < -0.3 is 9.84 Å². The van der Waals surface area contributed by atoms with Crippen LogP contribution in [0.25, 0.3) is 0 Å². The van der Waals surface area contributed by atoms with Crippen molar-refractivity contribution >= 4 is 12.0 Å². The normalized spacial score (nSPS) is 9.50. The first kappa shape index (κ1) is 9.97. The molecule has 1 rings (SSSR count). The molecule has 0 aliphatic carbocycles. The van der Waals surface area contributed by atoms with E-state index in [2.05, 4.69) is 4.74 Å². The van der Waals surface area contributed by atoms with Crippen LogP contribution in [0.3, 0.4) is 0 Å². The van der Waals surface area contributed by atoms with E-state index < -0.39 is 16.4 Å². The first-order valence-electron chi connectivity index (χ1n) is 3.58. The lowest BCUT2D eigenvalue weighted by Crippen LogP contribution is -2.02. The summed E-state index contributed by atoms with van der Waals surface area (Å²) < 4.78 is 4.60. The third-order valence-corrected chi connectivity index (χ3v) is 1.61. The number of nitrogens with zero attached hydrogens (tertiary/aromatic N) is 1. The van der Waals surface area contributed by atoms with Gasteiger partial charge in [0.05, 0.1) is 12.0 Å². The number of benzene rings is 1. The van der Waals surface area contributed by atoms with Crippen LogP contribution in [0.1, 0.15) is 10.4 Å². The maximum atomic E-state index is 11.2. The molecule has 0 heterocycles. The van der Waals surface area contributed by atoms with Gasteiger partial charge in [-0.1, -0.05) is 0 Å². The van der Waals surface area contributed by atoms with Crippen LogP contribution in [-0.4, -0.2) is 18.3 Å². The molecule has 6 heteroatoms. The average Bonchev–Trinajstić information content (AvgIpc) is 2.17. The zero-order valence-corrected chi connectivity index (χ0v) is 7.22. The van der Waals surface area contributed by atoms with Crippen molar-refractivity contribution < 1.29 is 19.6 Å². The molecule has 0 fully saturated rings. The van der Waals surface area contributed by atoms with E-state index in [4.69, 9.17) is 0 Å². The zero-order chi connectivity index (χ0) is 10.7. The molecule has 0 bridgehead atoms. The van der Waals surface area contributed by atoms with Crippen molar-refractivity contribution in [3.8, 4) is 11.5 Å². The number of carbonyl (C=O) groups is 1. The molecule has 1 aromatic carbocycles. The van der Waals surface area contributed by atoms with E-state index in [9.17, 15) is 20.0 Å². The quantitative estimate of drug-likeness (QED) is 0.398. The Kier molecular flexibility index (Phi) is 2.66. The number of carbonyl (C=O) groups excluding carboxylic acids is 1. The fraction of sp³-hybridized carbons (Fsp3) is 0.125. The zero-order valence-electron chi connectivity index (χ0n) is 7.22. The first-order chi connectivity index (χ1) is 6.60. The minimum Gasteiger partial charge on any atom is -0.865 e. The van der Waals surface area contributed by atoms with Crippen LogP contribution in [0.4, 0.5) is 5.69 Å². The summed E-state index contributed by atoms with van der Waals surface area (Å²) in [4.78, 5) is 19.9. The number of hydrogen-bond acceptors (Lipinski definition) is 5. The van der Waals surface area contributed by atoms with E-state index in [0.717, 1.165) is 12.1 Å². The van der Waals surface area contributed by atoms with Crippen LogP contribution in [0.5, 0.6) is 11.5 Å². The summed E-state index contributed by atoms with van der Waals surface area (Å²) in [6.45, 7) is 0. The van der Waals surface area contributed by atoms with E-state index in [1.165, 1.54) is 7.11 Å². The van der Waals surface area contributed by atoms with Crippen molar-refractivity contribution in [1.29, 1.82) is 0 Å². The Balaban J connectivity index is 3.41. The van der Waals surface area contributed by atoms with Gasteiger partial charge in [-0.25, -0.2) is 0 Å². The molecule has 0 radical (unpaired) electrons. The summed E-state index contributed by atoms with van der Waals surface area (Å²) in [5, 5.41) is 21.6. The Bertz CT molecular complexity index is 388. The number of rotatable bonds is 3. The van der Waals surface area contributed by atoms with Gasteiger partial charge in [0.2, 0.25) is 0 Å². The molecule has 0 aliphatic heterocycles. The molecular weight excluding hydrogens is 190 g/mol. The lowest BCUT2D eigenvalue weighted by molar-refractivity contribution is -0.398. The Morgan fingerprint density at radius 1 is 1.50 bits per heavy atom. The lowest BCUT2D eigenvalue weighted by atomic mass is 10.2. The van der Waals surface area contributed by atoms with Crippen LogP contribution >= 0.6 is 0 Å². The average molecular weight is 196 g/mol. The maximum absolute atomic E-state index is 11.2. The van der Waals surface area contributed by atoms with Gasteiger partial charge in [0.25, 0.3) is 5.69 Å². The third kappa shape index (κ3) is 1.63. The highest BCUT2D eigenvalue weighted by molar-refractivity contribution is 5.79. The molecule has 74 valence electrons. The Labute approximate surface area is 78.9 Å². The van der Waals surface area contributed by atoms with Crippen molar-refractivity contribution in [3.63, 3.8) is 0 Å². The second kappa shape index (κ2) is 3.73. The van der Waals surface area contributed by atoms with Gasteiger partial charge in [-0.15, -0.1) is 0 Å². The van der Waals surface area contributed by atoms with E-state index >= 15 is 0 Å². The molecule has 0 unspecified atom stereocenters. The van der Waals surface area contributed by atoms with Gasteiger partial charge in [0, 0.05) is 17.4 Å². The van der Waals surface area contributed by atoms with E-state index in [0.29, 0.717) is 6.29 Å². The smallest absolute Gasteiger partial charge is 0.266 e. The van der Waals surface area contributed by atoms with Gasteiger partial charge in [0.15, 0.2) is 0 Å². The fourth-order valence-corrected chi connectivity index (χ4v) is 0.964. The monoisotopic (exact) mass is 196 g/mol. The van der Waals surface area contributed by atoms with Gasteiger partial charge in [-0.05, 0) is 6.07 Å². The van der Waals surface area contributed by atoms with Crippen molar-refractivity contribution in [1.82, 2.24) is 0 Å². The second-order valence-electron chi connectivity index (χ2n) is 2.45. The van der Waals surface area contributed by atoms with Gasteiger partial charge in [-0.3, -0.25) is 14.9 Å². The molecule has 0 atom stereocenters. The van der Waals surface area contributed by atoms with Gasteiger partial charge in [-0.2, -0.15) is 0 Å². The topological polar surface area (TPSA) is 92.5 Å². The van der Waals surface area contributed by atoms with E-state index in [1.807, 2.05) is 0 Å². The van der Waals surface area contributed by atoms with Gasteiger partial charge in [0.1, 0.15) is 12.0 Å². The molecule has 14 heavy (non-hydrogen) atoms. The second-order valence-corrected chi connectivity index (χ2v) is 2.45. The molecule has 0 amide bonds. The number of hydrogen-bond donors (Lipinski definition) is 0. The van der Waals surface area contributed by atoms with E-state index in [-0.39, 0.29) is 11.3 Å². The van der Waals surface area contributed by atoms with Crippen molar-refractivity contribution in [2.45, 2.75) is 0 Å². The molecule has 0 aliphatic rings. The fourth-order valence-electron chi connectivity index (χ4n) is 0.964. The Morgan fingerprint density at radius 2 is 2.14 bits per heavy atom. The van der Waals surface area contributed by atoms with Crippen LogP contribution in [-0.2, 0) is 0 Å². The summed E-state index contributed by atoms with van der Waals surface area (Å²) >= 11 is 0. The van der Waals surface area contributed by atoms with Crippen LogP contribution in [0, 0.1) is 10.1 Å². The SMILES string of the molecule is COc1cc(C=O)cc([N+](=O)[O-])c1[O-]. The predicted octanol–water partition coefficient (Wildman–Crippen LogP) is 0.489. The number of methoxy groups -OCH3 is 1. The van der Waals surface area contributed by atoms with Crippen LogP contribution in [0.15, 0.2) is 12.1 Å². The molecule has 0 saturated heterocycles.